The Morgan fingerprint density at radius 1 is 1.10 bits per heavy atom. The van der Waals surface area contributed by atoms with E-state index in [9.17, 15) is 9.59 Å². The van der Waals surface area contributed by atoms with Crippen molar-refractivity contribution in [2.45, 2.75) is 19.4 Å². The first kappa shape index (κ1) is 19.9. The van der Waals surface area contributed by atoms with E-state index < -0.39 is 5.69 Å². The minimum absolute atomic E-state index is 0.0833. The molecule has 5 rings (SSSR count). The largest absolute Gasteiger partial charge is 0.349 e. The number of thiazole rings is 1. The molecule has 0 spiro atoms. The second-order valence-electron chi connectivity index (χ2n) is 7.44. The van der Waals surface area contributed by atoms with Gasteiger partial charge in [0, 0.05) is 25.8 Å². The molecule has 0 N–H and O–H groups in total. The van der Waals surface area contributed by atoms with Crippen molar-refractivity contribution in [3.63, 3.8) is 0 Å². The maximum Gasteiger partial charge on any atom is 0.349 e. The molecule has 4 aromatic rings. The van der Waals surface area contributed by atoms with Crippen molar-refractivity contribution >= 4 is 49.7 Å². The van der Waals surface area contributed by atoms with Gasteiger partial charge in [0.1, 0.15) is 22.6 Å². The van der Waals surface area contributed by atoms with Gasteiger partial charge in [-0.1, -0.05) is 35.6 Å². The number of rotatable bonds is 5. The van der Waals surface area contributed by atoms with E-state index >= 15 is 0 Å². The Morgan fingerprint density at radius 3 is 2.58 bits per heavy atom. The Kier molecular flexibility index (Phi) is 5.29. The number of carbonyl (C=O) groups is 1. The highest BCUT2D eigenvalue weighted by atomic mass is 32.1. The molecular weight excluding hydrogens is 430 g/mol. The van der Waals surface area contributed by atoms with E-state index in [4.69, 9.17) is 4.98 Å². The molecule has 0 saturated carbocycles. The van der Waals surface area contributed by atoms with Gasteiger partial charge in [-0.05, 0) is 36.4 Å². The SMILES string of the molecule is CN(C(=O)Cn1c(=O)nc(-c2cccs2)c2nc(N3CCCC3)sc21)c1ccccc1. The topological polar surface area (TPSA) is 71.3 Å². The molecule has 31 heavy (non-hydrogen) atoms. The predicted octanol–water partition coefficient (Wildman–Crippen LogP) is 3.84. The highest BCUT2D eigenvalue weighted by molar-refractivity contribution is 7.22. The highest BCUT2D eigenvalue weighted by Gasteiger charge is 2.23. The van der Waals surface area contributed by atoms with Gasteiger partial charge in [-0.15, -0.1) is 11.3 Å². The lowest BCUT2D eigenvalue weighted by Crippen LogP contribution is -2.34. The van der Waals surface area contributed by atoms with Gasteiger partial charge in [-0.2, -0.15) is 4.98 Å². The van der Waals surface area contributed by atoms with Crippen molar-refractivity contribution in [2.75, 3.05) is 29.9 Å². The van der Waals surface area contributed by atoms with E-state index in [1.54, 1.807) is 11.9 Å². The molecule has 0 unspecified atom stereocenters. The fourth-order valence-corrected chi connectivity index (χ4v) is 5.57. The van der Waals surface area contributed by atoms with E-state index in [0.717, 1.165) is 41.6 Å². The Bertz CT molecular complexity index is 1270. The molecule has 7 nitrogen and oxygen atoms in total. The molecule has 1 saturated heterocycles. The number of hydrogen-bond acceptors (Lipinski definition) is 7. The Labute approximate surface area is 187 Å². The minimum atomic E-state index is -0.428. The first-order chi connectivity index (χ1) is 15.1. The molecule has 1 fully saturated rings. The summed E-state index contributed by atoms with van der Waals surface area (Å²) in [5.74, 6) is -0.184. The van der Waals surface area contributed by atoms with E-state index in [1.807, 2.05) is 47.8 Å². The summed E-state index contributed by atoms with van der Waals surface area (Å²) in [5, 5.41) is 2.84. The average Bonchev–Trinajstić information content (AvgIpc) is 3.56. The number of thiophene rings is 1. The molecule has 4 heterocycles. The fraction of sp³-hybridized carbons (Fsp3) is 0.273. The van der Waals surface area contributed by atoms with Gasteiger partial charge >= 0.3 is 5.69 Å². The summed E-state index contributed by atoms with van der Waals surface area (Å²) in [7, 11) is 1.72. The summed E-state index contributed by atoms with van der Waals surface area (Å²) in [6.07, 6.45) is 2.28. The first-order valence-electron chi connectivity index (χ1n) is 10.1. The van der Waals surface area contributed by atoms with Crippen LogP contribution in [0, 0.1) is 0 Å². The monoisotopic (exact) mass is 451 g/mol. The zero-order valence-corrected chi connectivity index (χ0v) is 18.7. The van der Waals surface area contributed by atoms with Gasteiger partial charge in [0.2, 0.25) is 5.91 Å². The molecule has 0 bridgehead atoms. The summed E-state index contributed by atoms with van der Waals surface area (Å²) in [5.41, 5.74) is 1.63. The van der Waals surface area contributed by atoms with Crippen LogP contribution in [0.25, 0.3) is 20.9 Å². The molecule has 1 aromatic carbocycles. The lowest BCUT2D eigenvalue weighted by molar-refractivity contribution is -0.118. The van der Waals surface area contributed by atoms with Crippen molar-refractivity contribution in [2.24, 2.45) is 0 Å². The van der Waals surface area contributed by atoms with E-state index in [-0.39, 0.29) is 12.5 Å². The van der Waals surface area contributed by atoms with E-state index in [2.05, 4.69) is 9.88 Å². The highest BCUT2D eigenvalue weighted by Crippen LogP contribution is 2.35. The molecular formula is C22H21N5O2S2. The van der Waals surface area contributed by atoms with Crippen molar-refractivity contribution < 1.29 is 4.79 Å². The maximum atomic E-state index is 13.0. The number of hydrogen-bond donors (Lipinski definition) is 0. The first-order valence-corrected chi connectivity index (χ1v) is 11.8. The van der Waals surface area contributed by atoms with Crippen LogP contribution in [0.4, 0.5) is 10.8 Å². The second-order valence-corrected chi connectivity index (χ2v) is 9.34. The van der Waals surface area contributed by atoms with Crippen molar-refractivity contribution in [1.82, 2.24) is 14.5 Å². The number of nitrogens with zero attached hydrogens (tertiary/aromatic N) is 5. The number of benzene rings is 1. The van der Waals surface area contributed by atoms with Gasteiger partial charge in [-0.25, -0.2) is 9.78 Å². The third-order valence-corrected chi connectivity index (χ3v) is 7.46. The summed E-state index contributed by atoms with van der Waals surface area (Å²) >= 11 is 3.00. The zero-order chi connectivity index (χ0) is 21.4. The third kappa shape index (κ3) is 3.75. The van der Waals surface area contributed by atoms with Crippen molar-refractivity contribution in [3.05, 3.63) is 58.3 Å². The van der Waals surface area contributed by atoms with Gasteiger partial charge in [0.25, 0.3) is 0 Å². The molecule has 0 atom stereocenters. The van der Waals surface area contributed by atoms with Crippen LogP contribution in [-0.2, 0) is 11.3 Å². The zero-order valence-electron chi connectivity index (χ0n) is 17.0. The summed E-state index contributed by atoms with van der Waals surface area (Å²) in [6, 6.07) is 13.3. The number of aromatic nitrogens is 3. The van der Waals surface area contributed by atoms with Crippen LogP contribution >= 0.6 is 22.7 Å². The molecule has 1 amide bonds. The quantitative estimate of drug-likeness (QED) is 0.461. The number of amides is 1. The van der Waals surface area contributed by atoms with Crippen LogP contribution in [0.1, 0.15) is 12.8 Å². The van der Waals surface area contributed by atoms with Gasteiger partial charge in [0.15, 0.2) is 5.13 Å². The van der Waals surface area contributed by atoms with Crippen LogP contribution in [-0.4, -0.2) is 40.6 Å². The second kappa shape index (κ2) is 8.24. The number of carbonyl (C=O) groups excluding carboxylic acids is 1. The third-order valence-electron chi connectivity index (χ3n) is 5.45. The van der Waals surface area contributed by atoms with Crippen LogP contribution < -0.4 is 15.5 Å². The lowest BCUT2D eigenvalue weighted by Gasteiger charge is -2.18. The summed E-state index contributed by atoms with van der Waals surface area (Å²) in [4.78, 5) is 40.6. The molecule has 1 aliphatic rings. The number of fused-ring (bicyclic) bond motifs is 1. The minimum Gasteiger partial charge on any atom is -0.348 e. The Hall–Kier alpha value is -3.04. The molecule has 0 radical (unpaired) electrons. The van der Waals surface area contributed by atoms with Gasteiger partial charge < -0.3 is 9.80 Å². The summed E-state index contributed by atoms with van der Waals surface area (Å²) < 4.78 is 1.46. The van der Waals surface area contributed by atoms with Crippen LogP contribution in [0.3, 0.4) is 0 Å². The molecule has 1 aliphatic heterocycles. The fourth-order valence-electron chi connectivity index (χ4n) is 3.74. The van der Waals surface area contributed by atoms with Gasteiger partial charge in [-0.3, -0.25) is 9.36 Å². The van der Waals surface area contributed by atoms with Gasteiger partial charge in [0.05, 0.1) is 4.88 Å². The molecule has 9 heteroatoms. The standard InChI is InChI=1S/C22H21N5O2S2/c1-25(15-8-3-2-4-9-15)17(28)14-27-20-19(24-22(31-20)26-11-5-6-12-26)18(23-21(27)29)16-10-7-13-30-16/h2-4,7-10,13H,5-6,11-12,14H2,1H3. The molecule has 3 aromatic heterocycles. The smallest absolute Gasteiger partial charge is 0.348 e. The van der Waals surface area contributed by atoms with Crippen molar-refractivity contribution in [1.29, 1.82) is 0 Å². The maximum absolute atomic E-state index is 13.0. The Morgan fingerprint density at radius 2 is 1.87 bits per heavy atom. The number of anilines is 2. The van der Waals surface area contributed by atoms with E-state index in [0.29, 0.717) is 16.0 Å². The van der Waals surface area contributed by atoms with E-state index in [1.165, 1.54) is 27.2 Å². The summed E-state index contributed by atoms with van der Waals surface area (Å²) in [6.45, 7) is 1.84. The number of likely N-dealkylation sites (N-methyl/N-ethyl adjacent to an activating group) is 1. The molecule has 158 valence electrons. The van der Waals surface area contributed by atoms with Crippen LogP contribution in [0.5, 0.6) is 0 Å². The lowest BCUT2D eigenvalue weighted by atomic mass is 10.3. The van der Waals surface area contributed by atoms with Crippen LogP contribution in [0.15, 0.2) is 52.6 Å². The predicted molar refractivity (Wildman–Crippen MR) is 126 cm³/mol. The normalized spacial score (nSPS) is 13.8. The molecule has 0 aliphatic carbocycles. The number of para-hydroxylation sites is 1. The van der Waals surface area contributed by atoms with Crippen LogP contribution in [0.2, 0.25) is 0 Å². The van der Waals surface area contributed by atoms with Crippen molar-refractivity contribution in [3.8, 4) is 10.6 Å². The average molecular weight is 452 g/mol. The Balaban J connectivity index is 1.59.